The third-order valence-electron chi connectivity index (χ3n) is 5.34. The molecule has 1 aliphatic carbocycles. The van der Waals surface area contributed by atoms with Gasteiger partial charge in [0.05, 0.1) is 12.8 Å². The number of anilines is 1. The Balaban J connectivity index is 1.44. The summed E-state index contributed by atoms with van der Waals surface area (Å²) < 4.78 is 5.46. The SMILES string of the molecule is COc1ccccc1N1CCN(C(=O)c2ccc3c(c2)CCC3)CC1. The number of piperazine rings is 1. The highest BCUT2D eigenvalue weighted by Gasteiger charge is 2.24. The van der Waals surface area contributed by atoms with E-state index in [0.717, 1.165) is 56.0 Å². The van der Waals surface area contributed by atoms with Gasteiger partial charge in [-0.3, -0.25) is 4.79 Å². The van der Waals surface area contributed by atoms with Crippen molar-refractivity contribution in [2.75, 3.05) is 38.2 Å². The summed E-state index contributed by atoms with van der Waals surface area (Å²) >= 11 is 0. The Morgan fingerprint density at radius 2 is 1.72 bits per heavy atom. The molecule has 0 spiro atoms. The summed E-state index contributed by atoms with van der Waals surface area (Å²) in [5, 5.41) is 0. The molecule has 0 atom stereocenters. The van der Waals surface area contributed by atoms with Crippen molar-refractivity contribution in [1.29, 1.82) is 0 Å². The summed E-state index contributed by atoms with van der Waals surface area (Å²) in [5.41, 5.74) is 4.72. The number of hydrogen-bond acceptors (Lipinski definition) is 3. The maximum atomic E-state index is 12.8. The highest BCUT2D eigenvalue weighted by atomic mass is 16.5. The van der Waals surface area contributed by atoms with Crippen LogP contribution in [0.25, 0.3) is 0 Å². The smallest absolute Gasteiger partial charge is 0.253 e. The number of amides is 1. The number of hydrogen-bond donors (Lipinski definition) is 0. The van der Waals surface area contributed by atoms with Crippen LogP contribution in [0.1, 0.15) is 27.9 Å². The van der Waals surface area contributed by atoms with Crippen LogP contribution >= 0.6 is 0 Å². The molecule has 0 unspecified atom stereocenters. The molecule has 0 bridgehead atoms. The van der Waals surface area contributed by atoms with E-state index in [0.29, 0.717) is 0 Å². The fourth-order valence-corrected chi connectivity index (χ4v) is 3.93. The van der Waals surface area contributed by atoms with Gasteiger partial charge in [-0.2, -0.15) is 0 Å². The van der Waals surface area contributed by atoms with Crippen LogP contribution in [0, 0.1) is 0 Å². The minimum Gasteiger partial charge on any atom is -0.495 e. The van der Waals surface area contributed by atoms with Gasteiger partial charge in [0.2, 0.25) is 0 Å². The molecule has 0 saturated carbocycles. The highest BCUT2D eigenvalue weighted by molar-refractivity contribution is 5.94. The van der Waals surface area contributed by atoms with Crippen molar-refractivity contribution in [2.24, 2.45) is 0 Å². The Kier molecular flexibility index (Phi) is 4.35. The van der Waals surface area contributed by atoms with E-state index in [1.807, 2.05) is 29.2 Å². The fourth-order valence-electron chi connectivity index (χ4n) is 3.93. The maximum Gasteiger partial charge on any atom is 0.253 e. The van der Waals surface area contributed by atoms with Crippen molar-refractivity contribution in [3.63, 3.8) is 0 Å². The second-order valence-corrected chi connectivity index (χ2v) is 6.79. The van der Waals surface area contributed by atoms with Crippen molar-refractivity contribution in [3.05, 3.63) is 59.2 Å². The monoisotopic (exact) mass is 336 g/mol. The number of rotatable bonds is 3. The van der Waals surface area contributed by atoms with Crippen LogP contribution in [-0.2, 0) is 12.8 Å². The molecule has 2 aromatic rings. The van der Waals surface area contributed by atoms with E-state index in [1.165, 1.54) is 17.5 Å². The molecule has 4 rings (SSSR count). The van der Waals surface area contributed by atoms with E-state index < -0.39 is 0 Å². The van der Waals surface area contributed by atoms with Gasteiger partial charge in [-0.05, 0) is 54.7 Å². The standard InChI is InChI=1S/C21H24N2O2/c1-25-20-8-3-2-7-19(20)22-11-13-23(14-12-22)21(24)18-10-9-16-5-4-6-17(16)15-18/h2-3,7-10,15H,4-6,11-14H2,1H3. The lowest BCUT2D eigenvalue weighted by Crippen LogP contribution is -2.48. The lowest BCUT2D eigenvalue weighted by Gasteiger charge is -2.36. The summed E-state index contributed by atoms with van der Waals surface area (Å²) in [5.74, 6) is 1.05. The first kappa shape index (κ1) is 16.0. The van der Waals surface area contributed by atoms with Gasteiger partial charge >= 0.3 is 0 Å². The van der Waals surface area contributed by atoms with Crippen molar-refractivity contribution >= 4 is 11.6 Å². The van der Waals surface area contributed by atoms with Gasteiger partial charge < -0.3 is 14.5 Å². The Morgan fingerprint density at radius 1 is 0.960 bits per heavy atom. The molecule has 4 nitrogen and oxygen atoms in total. The summed E-state index contributed by atoms with van der Waals surface area (Å²) in [6, 6.07) is 14.3. The van der Waals surface area contributed by atoms with Crippen LogP contribution in [0.5, 0.6) is 5.75 Å². The van der Waals surface area contributed by atoms with E-state index in [4.69, 9.17) is 4.74 Å². The highest BCUT2D eigenvalue weighted by Crippen LogP contribution is 2.29. The molecule has 0 radical (unpaired) electrons. The van der Waals surface area contributed by atoms with E-state index in [2.05, 4.69) is 23.1 Å². The van der Waals surface area contributed by atoms with E-state index >= 15 is 0 Å². The molecule has 0 aromatic heterocycles. The number of benzene rings is 2. The van der Waals surface area contributed by atoms with Crippen molar-refractivity contribution in [1.82, 2.24) is 4.90 Å². The lowest BCUT2D eigenvalue weighted by atomic mass is 10.1. The lowest BCUT2D eigenvalue weighted by molar-refractivity contribution is 0.0746. The average molecular weight is 336 g/mol. The van der Waals surface area contributed by atoms with Crippen LogP contribution < -0.4 is 9.64 Å². The van der Waals surface area contributed by atoms with Crippen molar-refractivity contribution in [3.8, 4) is 5.75 Å². The van der Waals surface area contributed by atoms with Gasteiger partial charge in [-0.25, -0.2) is 0 Å². The summed E-state index contributed by atoms with van der Waals surface area (Å²) in [6.07, 6.45) is 3.48. The number of para-hydroxylation sites is 2. The third-order valence-corrected chi connectivity index (χ3v) is 5.34. The van der Waals surface area contributed by atoms with Gasteiger partial charge in [0, 0.05) is 31.7 Å². The van der Waals surface area contributed by atoms with Gasteiger partial charge in [-0.1, -0.05) is 18.2 Å². The fraction of sp³-hybridized carbons (Fsp3) is 0.381. The van der Waals surface area contributed by atoms with E-state index in [-0.39, 0.29) is 5.91 Å². The molecule has 1 heterocycles. The van der Waals surface area contributed by atoms with Gasteiger partial charge in [0.15, 0.2) is 0 Å². The van der Waals surface area contributed by atoms with Gasteiger partial charge in [-0.15, -0.1) is 0 Å². The first-order valence-corrected chi connectivity index (χ1v) is 9.05. The number of carbonyl (C=O) groups excluding carboxylic acids is 1. The minimum atomic E-state index is 0.161. The van der Waals surface area contributed by atoms with Crippen LogP contribution in [0.4, 0.5) is 5.69 Å². The molecule has 1 saturated heterocycles. The van der Waals surface area contributed by atoms with Crippen molar-refractivity contribution < 1.29 is 9.53 Å². The first-order valence-electron chi connectivity index (χ1n) is 9.05. The molecule has 25 heavy (non-hydrogen) atoms. The molecule has 1 fully saturated rings. The molecular formula is C21H24N2O2. The number of nitrogens with zero attached hydrogens (tertiary/aromatic N) is 2. The summed E-state index contributed by atoms with van der Waals surface area (Å²) in [6.45, 7) is 3.15. The van der Waals surface area contributed by atoms with Gasteiger partial charge in [0.25, 0.3) is 5.91 Å². The molecule has 1 aliphatic heterocycles. The molecule has 0 N–H and O–H groups in total. The Bertz CT molecular complexity index is 779. The topological polar surface area (TPSA) is 32.8 Å². The predicted octanol–water partition coefficient (Wildman–Crippen LogP) is 3.15. The Morgan fingerprint density at radius 3 is 2.52 bits per heavy atom. The van der Waals surface area contributed by atoms with E-state index in [9.17, 15) is 4.79 Å². The maximum absolute atomic E-state index is 12.8. The van der Waals surface area contributed by atoms with Crippen LogP contribution in [-0.4, -0.2) is 44.1 Å². The number of ether oxygens (including phenoxy) is 1. The second-order valence-electron chi connectivity index (χ2n) is 6.79. The zero-order valence-electron chi connectivity index (χ0n) is 14.7. The first-order chi connectivity index (χ1) is 12.3. The number of fused-ring (bicyclic) bond motifs is 1. The average Bonchev–Trinajstić information content (AvgIpc) is 3.15. The normalized spacial score (nSPS) is 16.7. The zero-order valence-corrected chi connectivity index (χ0v) is 14.7. The molecule has 4 heteroatoms. The molecule has 130 valence electrons. The number of methoxy groups -OCH3 is 1. The largest absolute Gasteiger partial charge is 0.495 e. The van der Waals surface area contributed by atoms with Crippen molar-refractivity contribution in [2.45, 2.75) is 19.3 Å². The molecule has 1 amide bonds. The molecule has 2 aromatic carbocycles. The Labute approximate surface area is 149 Å². The Hall–Kier alpha value is -2.49. The quantitative estimate of drug-likeness (QED) is 0.863. The summed E-state index contributed by atoms with van der Waals surface area (Å²) in [7, 11) is 1.70. The molecular weight excluding hydrogens is 312 g/mol. The van der Waals surface area contributed by atoms with Crippen LogP contribution in [0.3, 0.4) is 0 Å². The summed E-state index contributed by atoms with van der Waals surface area (Å²) in [4.78, 5) is 17.1. The zero-order chi connectivity index (χ0) is 17.2. The van der Waals surface area contributed by atoms with Crippen LogP contribution in [0.2, 0.25) is 0 Å². The molecule has 2 aliphatic rings. The number of aryl methyl sites for hydroxylation is 2. The predicted molar refractivity (Wildman–Crippen MR) is 99.6 cm³/mol. The minimum absolute atomic E-state index is 0.161. The second kappa shape index (κ2) is 6.79. The van der Waals surface area contributed by atoms with Gasteiger partial charge in [0.1, 0.15) is 5.75 Å². The van der Waals surface area contributed by atoms with Crippen LogP contribution in [0.15, 0.2) is 42.5 Å². The third kappa shape index (κ3) is 3.09. The number of carbonyl (C=O) groups is 1. The van der Waals surface area contributed by atoms with E-state index in [1.54, 1.807) is 7.11 Å².